The van der Waals surface area contributed by atoms with E-state index in [0.717, 1.165) is 0 Å². The van der Waals surface area contributed by atoms with E-state index < -0.39 is 28.0 Å². The van der Waals surface area contributed by atoms with Crippen LogP contribution in [0.15, 0.2) is 53.4 Å². The summed E-state index contributed by atoms with van der Waals surface area (Å²) in [5.74, 6) is -1.48. The lowest BCUT2D eigenvalue weighted by Crippen LogP contribution is -2.31. The molecule has 0 saturated carbocycles. The van der Waals surface area contributed by atoms with Gasteiger partial charge < -0.3 is 9.64 Å². The van der Waals surface area contributed by atoms with Crippen LogP contribution in [-0.4, -0.2) is 27.4 Å². The molecular formula is C18H17ClN2O5S. The standard InChI is InChI=1S/C18H17ClN2O5S/c1-26-18(23)15-10-16(22)21(13-6-4-12(19)5-7-13)17(15)11-2-8-14(9-3-11)27(20,24)25/h2-9,15,17H,10H2,1H3,(H2,20,24,25)/t15-,17+/m1/s1. The number of nitrogens with two attached hydrogens (primary N) is 1. The Kier molecular flexibility index (Phi) is 5.23. The number of nitrogens with zero attached hydrogens (tertiary/aromatic N) is 1. The molecule has 0 unspecified atom stereocenters. The van der Waals surface area contributed by atoms with Crippen LogP contribution in [0.25, 0.3) is 0 Å². The third-order valence-corrected chi connectivity index (χ3v) is 5.66. The average molecular weight is 409 g/mol. The van der Waals surface area contributed by atoms with E-state index in [2.05, 4.69) is 0 Å². The monoisotopic (exact) mass is 408 g/mol. The highest BCUT2D eigenvalue weighted by Gasteiger charge is 2.46. The molecule has 1 heterocycles. The Bertz CT molecular complexity index is 974. The molecule has 142 valence electrons. The topological polar surface area (TPSA) is 107 Å². The predicted octanol–water partition coefficient (Wildman–Crippen LogP) is 2.25. The van der Waals surface area contributed by atoms with Crippen LogP contribution < -0.4 is 10.0 Å². The Morgan fingerprint density at radius 2 is 1.74 bits per heavy atom. The molecule has 1 saturated heterocycles. The molecule has 9 heteroatoms. The third kappa shape index (κ3) is 3.83. The fraction of sp³-hybridized carbons (Fsp3) is 0.222. The van der Waals surface area contributed by atoms with Gasteiger partial charge in [0.05, 0.1) is 24.0 Å². The van der Waals surface area contributed by atoms with E-state index in [1.807, 2.05) is 0 Å². The highest BCUT2D eigenvalue weighted by Crippen LogP contribution is 2.42. The second-order valence-electron chi connectivity index (χ2n) is 6.13. The Balaban J connectivity index is 2.08. The van der Waals surface area contributed by atoms with Crippen molar-refractivity contribution in [2.45, 2.75) is 17.4 Å². The summed E-state index contributed by atoms with van der Waals surface area (Å²) in [6.45, 7) is 0. The highest BCUT2D eigenvalue weighted by molar-refractivity contribution is 7.89. The Hall–Kier alpha value is -2.42. The molecule has 1 amide bonds. The number of sulfonamides is 1. The van der Waals surface area contributed by atoms with Crippen LogP contribution in [0.5, 0.6) is 0 Å². The van der Waals surface area contributed by atoms with Gasteiger partial charge in [-0.3, -0.25) is 9.59 Å². The summed E-state index contributed by atoms with van der Waals surface area (Å²) >= 11 is 5.92. The summed E-state index contributed by atoms with van der Waals surface area (Å²) in [5, 5.41) is 5.65. The van der Waals surface area contributed by atoms with Crippen LogP contribution in [-0.2, 0) is 24.3 Å². The molecule has 7 nitrogen and oxygen atoms in total. The van der Waals surface area contributed by atoms with Gasteiger partial charge in [-0.15, -0.1) is 0 Å². The molecule has 1 aliphatic heterocycles. The Morgan fingerprint density at radius 1 is 1.15 bits per heavy atom. The lowest BCUT2D eigenvalue weighted by atomic mass is 9.93. The first-order chi connectivity index (χ1) is 12.7. The van der Waals surface area contributed by atoms with Gasteiger partial charge in [0, 0.05) is 17.1 Å². The van der Waals surface area contributed by atoms with E-state index in [-0.39, 0.29) is 17.2 Å². The number of hydrogen-bond acceptors (Lipinski definition) is 5. The number of ether oxygens (including phenoxy) is 1. The minimum Gasteiger partial charge on any atom is -0.469 e. The lowest BCUT2D eigenvalue weighted by molar-refractivity contribution is -0.146. The second-order valence-corrected chi connectivity index (χ2v) is 8.13. The van der Waals surface area contributed by atoms with E-state index in [0.29, 0.717) is 16.3 Å². The summed E-state index contributed by atoms with van der Waals surface area (Å²) in [5.41, 5.74) is 1.18. The van der Waals surface area contributed by atoms with Gasteiger partial charge in [-0.25, -0.2) is 13.6 Å². The second kappa shape index (κ2) is 7.30. The minimum atomic E-state index is -3.85. The average Bonchev–Trinajstić information content (AvgIpc) is 2.98. The van der Waals surface area contributed by atoms with E-state index in [1.165, 1.54) is 24.1 Å². The molecule has 2 aromatic rings. The van der Waals surface area contributed by atoms with E-state index >= 15 is 0 Å². The fourth-order valence-corrected chi connectivity index (χ4v) is 3.88. The van der Waals surface area contributed by atoms with Crippen LogP contribution in [0.1, 0.15) is 18.0 Å². The van der Waals surface area contributed by atoms with Crippen molar-refractivity contribution in [3.8, 4) is 0 Å². The van der Waals surface area contributed by atoms with Gasteiger partial charge in [0.1, 0.15) is 0 Å². The molecule has 1 fully saturated rings. The van der Waals surface area contributed by atoms with E-state index in [1.54, 1.807) is 36.4 Å². The van der Waals surface area contributed by atoms with Crippen molar-refractivity contribution in [2.75, 3.05) is 12.0 Å². The molecule has 2 N–H and O–H groups in total. The largest absolute Gasteiger partial charge is 0.469 e. The summed E-state index contributed by atoms with van der Waals surface area (Å²) in [6.07, 6.45) is -0.0170. The number of carbonyl (C=O) groups excluding carboxylic acids is 2. The summed E-state index contributed by atoms with van der Waals surface area (Å²) in [6, 6.07) is 11.8. The maximum Gasteiger partial charge on any atom is 0.311 e. The van der Waals surface area contributed by atoms with Gasteiger partial charge in [0.15, 0.2) is 0 Å². The summed E-state index contributed by atoms with van der Waals surface area (Å²) in [7, 11) is -2.58. The highest BCUT2D eigenvalue weighted by atomic mass is 35.5. The number of anilines is 1. The maximum absolute atomic E-state index is 12.7. The molecular weight excluding hydrogens is 392 g/mol. The van der Waals surface area contributed by atoms with Crippen molar-refractivity contribution in [1.29, 1.82) is 0 Å². The molecule has 0 aliphatic carbocycles. The first-order valence-corrected chi connectivity index (χ1v) is 9.93. The van der Waals surface area contributed by atoms with Crippen LogP contribution in [0.2, 0.25) is 5.02 Å². The predicted molar refractivity (Wildman–Crippen MR) is 99.6 cm³/mol. The SMILES string of the molecule is COC(=O)[C@@H]1CC(=O)N(c2ccc(Cl)cc2)[C@H]1c1ccc(S(N)(=O)=O)cc1. The van der Waals surface area contributed by atoms with Gasteiger partial charge in [0.25, 0.3) is 0 Å². The number of benzene rings is 2. The van der Waals surface area contributed by atoms with Crippen molar-refractivity contribution in [2.24, 2.45) is 11.1 Å². The summed E-state index contributed by atoms with van der Waals surface area (Å²) in [4.78, 5) is 26.4. The Labute approximate surface area is 161 Å². The van der Waals surface area contributed by atoms with Crippen molar-refractivity contribution in [3.63, 3.8) is 0 Å². The number of halogens is 1. The van der Waals surface area contributed by atoms with Crippen LogP contribution in [0.3, 0.4) is 0 Å². The molecule has 0 radical (unpaired) electrons. The van der Waals surface area contributed by atoms with Crippen molar-refractivity contribution >= 4 is 39.2 Å². The molecule has 1 aliphatic rings. The van der Waals surface area contributed by atoms with Crippen LogP contribution in [0.4, 0.5) is 5.69 Å². The van der Waals surface area contributed by atoms with Crippen molar-refractivity contribution in [1.82, 2.24) is 0 Å². The van der Waals surface area contributed by atoms with E-state index in [4.69, 9.17) is 21.5 Å². The molecule has 0 bridgehead atoms. The van der Waals surface area contributed by atoms with Gasteiger partial charge in [-0.2, -0.15) is 0 Å². The smallest absolute Gasteiger partial charge is 0.311 e. The van der Waals surface area contributed by atoms with Crippen molar-refractivity contribution < 1.29 is 22.7 Å². The minimum absolute atomic E-state index is 0.0170. The van der Waals surface area contributed by atoms with Gasteiger partial charge >= 0.3 is 5.97 Å². The Morgan fingerprint density at radius 3 is 2.26 bits per heavy atom. The van der Waals surface area contributed by atoms with Gasteiger partial charge in [0.2, 0.25) is 15.9 Å². The zero-order valence-electron chi connectivity index (χ0n) is 14.3. The third-order valence-electron chi connectivity index (χ3n) is 4.48. The normalized spacial score (nSPS) is 20.0. The molecule has 2 aromatic carbocycles. The molecule has 2 atom stereocenters. The lowest BCUT2D eigenvalue weighted by Gasteiger charge is -2.28. The van der Waals surface area contributed by atoms with E-state index in [9.17, 15) is 18.0 Å². The molecule has 0 aromatic heterocycles. The maximum atomic E-state index is 12.7. The molecule has 0 spiro atoms. The summed E-state index contributed by atoms with van der Waals surface area (Å²) < 4.78 is 27.8. The van der Waals surface area contributed by atoms with Gasteiger partial charge in [-0.1, -0.05) is 23.7 Å². The number of hydrogen-bond donors (Lipinski definition) is 1. The zero-order chi connectivity index (χ0) is 19.8. The van der Waals surface area contributed by atoms with Crippen LogP contribution >= 0.6 is 11.6 Å². The van der Waals surface area contributed by atoms with Crippen LogP contribution in [0, 0.1) is 5.92 Å². The van der Waals surface area contributed by atoms with Gasteiger partial charge in [-0.05, 0) is 42.0 Å². The number of esters is 1. The number of rotatable bonds is 4. The first kappa shape index (κ1) is 19.3. The number of primary sulfonamides is 1. The van der Waals surface area contributed by atoms with Crippen molar-refractivity contribution in [3.05, 3.63) is 59.1 Å². The number of amides is 1. The quantitative estimate of drug-likeness (QED) is 0.781. The zero-order valence-corrected chi connectivity index (χ0v) is 15.9. The first-order valence-electron chi connectivity index (χ1n) is 8.00. The number of methoxy groups -OCH3 is 1. The fourth-order valence-electron chi connectivity index (χ4n) is 3.24. The molecule has 3 rings (SSSR count). The number of carbonyl (C=O) groups is 2. The molecule has 27 heavy (non-hydrogen) atoms.